The van der Waals surface area contributed by atoms with E-state index in [4.69, 9.17) is 9.97 Å². The summed E-state index contributed by atoms with van der Waals surface area (Å²) in [7, 11) is 0. The van der Waals surface area contributed by atoms with Gasteiger partial charge in [-0.3, -0.25) is 0 Å². The van der Waals surface area contributed by atoms with Crippen molar-refractivity contribution in [1.82, 2.24) is 9.97 Å². The van der Waals surface area contributed by atoms with Crippen LogP contribution < -0.4 is 0 Å². The van der Waals surface area contributed by atoms with Crippen LogP contribution in [-0.4, -0.2) is 9.97 Å². The third-order valence-electron chi connectivity index (χ3n) is 12.6. The highest BCUT2D eigenvalue weighted by Gasteiger charge is 2.45. The van der Waals surface area contributed by atoms with E-state index in [1.165, 1.54) is 64.7 Å². The summed E-state index contributed by atoms with van der Waals surface area (Å²) in [6.45, 7) is 0. The van der Waals surface area contributed by atoms with Crippen molar-refractivity contribution < 1.29 is 0 Å². The Kier molecular flexibility index (Phi) is 8.62. The van der Waals surface area contributed by atoms with E-state index in [0.29, 0.717) is 5.82 Å². The van der Waals surface area contributed by atoms with Gasteiger partial charge in [-0.15, -0.1) is 11.3 Å². The molecule has 2 heterocycles. The predicted molar refractivity (Wildman–Crippen MR) is 259 cm³/mol. The van der Waals surface area contributed by atoms with Crippen molar-refractivity contribution in [3.05, 3.63) is 253 Å². The Bertz CT molecular complexity index is 3410. The second kappa shape index (κ2) is 14.8. The smallest absolute Gasteiger partial charge is 0.160 e. The molecule has 12 rings (SSSR count). The van der Waals surface area contributed by atoms with Crippen LogP contribution in [0.15, 0.2) is 231 Å². The van der Waals surface area contributed by atoms with Crippen molar-refractivity contribution in [2.75, 3.05) is 0 Å². The molecule has 290 valence electrons. The molecule has 0 aliphatic heterocycles. The Balaban J connectivity index is 0.989. The van der Waals surface area contributed by atoms with Gasteiger partial charge in [-0.25, -0.2) is 9.97 Å². The van der Waals surface area contributed by atoms with Gasteiger partial charge in [0.15, 0.2) is 5.82 Å². The van der Waals surface area contributed by atoms with E-state index >= 15 is 0 Å². The number of thiophene rings is 1. The maximum absolute atomic E-state index is 5.30. The van der Waals surface area contributed by atoms with Gasteiger partial charge in [-0.2, -0.15) is 0 Å². The Morgan fingerprint density at radius 2 is 0.855 bits per heavy atom. The molecule has 9 aromatic carbocycles. The van der Waals surface area contributed by atoms with E-state index in [1.807, 2.05) is 17.4 Å². The van der Waals surface area contributed by atoms with Gasteiger partial charge >= 0.3 is 0 Å². The first-order valence-corrected chi connectivity index (χ1v) is 22.0. The zero-order valence-electron chi connectivity index (χ0n) is 33.7. The number of hydrogen-bond donors (Lipinski definition) is 0. The standard InChI is InChI=1S/C59H38N2S/c1-3-17-40(18-4-1)58-60-54(42-20-15-19-41(37-42)46-28-16-29-51-50-27-11-14-32-56(50)62-57(46)51)38-55(61-58)49-26-8-7-23-45(49)39-33-35-44(36-34-39)59(43-21-5-2-6-22-43)52-30-12-9-24-47(52)48-25-10-13-31-53(48)59/h1-38H. The van der Waals surface area contributed by atoms with Crippen molar-refractivity contribution in [3.63, 3.8) is 0 Å². The van der Waals surface area contributed by atoms with E-state index in [-0.39, 0.29) is 0 Å². The average Bonchev–Trinajstić information content (AvgIpc) is 3.89. The number of rotatable bonds is 7. The van der Waals surface area contributed by atoms with E-state index in [0.717, 1.165) is 39.2 Å². The van der Waals surface area contributed by atoms with Gasteiger partial charge in [0.1, 0.15) is 0 Å². The molecule has 0 amide bonds. The third-order valence-corrected chi connectivity index (χ3v) is 13.8. The summed E-state index contributed by atoms with van der Waals surface area (Å²) in [6.07, 6.45) is 0. The SMILES string of the molecule is c1ccc(-c2nc(-c3cccc(-c4cccc5c4sc4ccccc45)c3)cc(-c3ccccc3-c3ccc(C4(c5ccccc5)c5ccccc5-c5ccccc54)cc3)n2)cc1. The molecule has 0 atom stereocenters. The minimum Gasteiger partial charge on any atom is -0.228 e. The minimum atomic E-state index is -0.449. The van der Waals surface area contributed by atoms with Gasteiger partial charge in [-0.1, -0.05) is 212 Å². The van der Waals surface area contributed by atoms with Crippen LogP contribution in [0.2, 0.25) is 0 Å². The molecule has 0 saturated heterocycles. The fraction of sp³-hybridized carbons (Fsp3) is 0.0169. The highest BCUT2D eigenvalue weighted by Crippen LogP contribution is 2.56. The molecule has 0 N–H and O–H groups in total. The van der Waals surface area contributed by atoms with Crippen molar-refractivity contribution >= 4 is 31.5 Å². The molecule has 62 heavy (non-hydrogen) atoms. The fourth-order valence-electron chi connectivity index (χ4n) is 9.84. The molecule has 0 radical (unpaired) electrons. The van der Waals surface area contributed by atoms with E-state index in [1.54, 1.807) is 0 Å². The second-order valence-corrected chi connectivity index (χ2v) is 17.1. The molecule has 2 aromatic heterocycles. The van der Waals surface area contributed by atoms with Crippen molar-refractivity contribution in [2.45, 2.75) is 5.41 Å². The second-order valence-electron chi connectivity index (χ2n) is 16.0. The third kappa shape index (κ3) is 5.78. The van der Waals surface area contributed by atoms with Crippen LogP contribution in [0.1, 0.15) is 22.3 Å². The summed E-state index contributed by atoms with van der Waals surface area (Å²) in [5.74, 6) is 0.698. The topological polar surface area (TPSA) is 25.8 Å². The first-order chi connectivity index (χ1) is 30.7. The van der Waals surface area contributed by atoms with Crippen LogP contribution in [0.4, 0.5) is 0 Å². The van der Waals surface area contributed by atoms with E-state index in [9.17, 15) is 0 Å². The quantitative estimate of drug-likeness (QED) is 0.160. The van der Waals surface area contributed by atoms with Crippen LogP contribution in [0.5, 0.6) is 0 Å². The average molecular weight is 807 g/mol. The molecule has 1 aliphatic rings. The fourth-order valence-corrected chi connectivity index (χ4v) is 11.1. The van der Waals surface area contributed by atoms with Crippen molar-refractivity contribution in [3.8, 4) is 67.3 Å². The Hall–Kier alpha value is -7.72. The first kappa shape index (κ1) is 36.2. The molecule has 0 unspecified atom stereocenters. The first-order valence-electron chi connectivity index (χ1n) is 21.1. The van der Waals surface area contributed by atoms with Crippen molar-refractivity contribution in [1.29, 1.82) is 0 Å². The molecule has 0 bridgehead atoms. The summed E-state index contributed by atoms with van der Waals surface area (Å²) in [6, 6.07) is 83.3. The lowest BCUT2D eigenvalue weighted by Gasteiger charge is -2.34. The van der Waals surface area contributed by atoms with Gasteiger partial charge in [0, 0.05) is 36.9 Å². The molecule has 2 nitrogen and oxygen atoms in total. The molecular formula is C59H38N2S. The van der Waals surface area contributed by atoms with Crippen LogP contribution in [0, 0.1) is 0 Å². The van der Waals surface area contributed by atoms with Gasteiger partial charge < -0.3 is 0 Å². The van der Waals surface area contributed by atoms with Crippen molar-refractivity contribution in [2.24, 2.45) is 0 Å². The largest absolute Gasteiger partial charge is 0.228 e. The minimum absolute atomic E-state index is 0.449. The number of aromatic nitrogens is 2. The van der Waals surface area contributed by atoms with E-state index in [2.05, 4.69) is 224 Å². The van der Waals surface area contributed by atoms with Gasteiger partial charge in [0.25, 0.3) is 0 Å². The number of benzene rings is 9. The zero-order valence-corrected chi connectivity index (χ0v) is 34.6. The predicted octanol–water partition coefficient (Wildman–Crippen LogP) is 15.5. The van der Waals surface area contributed by atoms with Gasteiger partial charge in [0.05, 0.1) is 16.8 Å². The summed E-state index contributed by atoms with van der Waals surface area (Å²) in [5, 5.41) is 2.60. The summed E-state index contributed by atoms with van der Waals surface area (Å²) < 4.78 is 2.60. The normalized spacial score (nSPS) is 12.6. The highest BCUT2D eigenvalue weighted by atomic mass is 32.1. The maximum atomic E-state index is 5.30. The molecule has 11 aromatic rings. The monoisotopic (exact) mass is 806 g/mol. The Labute approximate surface area is 365 Å². The van der Waals surface area contributed by atoms with Crippen LogP contribution >= 0.6 is 11.3 Å². The number of nitrogens with zero attached hydrogens (tertiary/aromatic N) is 2. The molecular weight excluding hydrogens is 769 g/mol. The lowest BCUT2D eigenvalue weighted by molar-refractivity contribution is 0.768. The van der Waals surface area contributed by atoms with Crippen LogP contribution in [-0.2, 0) is 5.41 Å². The van der Waals surface area contributed by atoms with Gasteiger partial charge in [0.2, 0.25) is 0 Å². The Morgan fingerprint density at radius 1 is 0.323 bits per heavy atom. The highest BCUT2D eigenvalue weighted by molar-refractivity contribution is 7.26. The maximum Gasteiger partial charge on any atom is 0.160 e. The van der Waals surface area contributed by atoms with Gasteiger partial charge in [-0.05, 0) is 73.8 Å². The van der Waals surface area contributed by atoms with Crippen LogP contribution in [0.25, 0.3) is 87.5 Å². The summed E-state index contributed by atoms with van der Waals surface area (Å²) in [5.41, 5.74) is 16.8. The lowest BCUT2D eigenvalue weighted by Crippen LogP contribution is -2.28. The van der Waals surface area contributed by atoms with Crippen LogP contribution in [0.3, 0.4) is 0 Å². The summed E-state index contributed by atoms with van der Waals surface area (Å²) in [4.78, 5) is 10.6. The molecule has 3 heteroatoms. The van der Waals surface area contributed by atoms with E-state index < -0.39 is 5.41 Å². The molecule has 0 fully saturated rings. The zero-order chi connectivity index (χ0) is 41.0. The molecule has 0 saturated carbocycles. The Morgan fingerprint density at radius 3 is 1.61 bits per heavy atom. The lowest BCUT2D eigenvalue weighted by atomic mass is 9.67. The molecule has 0 spiro atoms. The molecule has 1 aliphatic carbocycles. The number of fused-ring (bicyclic) bond motifs is 6. The summed E-state index contributed by atoms with van der Waals surface area (Å²) >= 11 is 1.86. The number of hydrogen-bond acceptors (Lipinski definition) is 3.